The summed E-state index contributed by atoms with van der Waals surface area (Å²) in [6, 6.07) is 5.95. The van der Waals surface area contributed by atoms with E-state index in [1.165, 1.54) is 0 Å². The molecule has 0 aliphatic heterocycles. The van der Waals surface area contributed by atoms with Gasteiger partial charge in [0.1, 0.15) is 0 Å². The number of halogens is 1. The average Bonchev–Trinajstić information content (AvgIpc) is 2.65. The monoisotopic (exact) mass is 235 g/mol. The molecule has 0 aliphatic rings. The zero-order valence-corrected chi connectivity index (χ0v) is 9.91. The Labute approximate surface area is 99.8 Å². The number of rotatable bonds is 3. The van der Waals surface area contributed by atoms with Crippen LogP contribution in [-0.2, 0) is 6.42 Å². The molecule has 0 aliphatic carbocycles. The first kappa shape index (κ1) is 11.2. The van der Waals surface area contributed by atoms with Crippen molar-refractivity contribution in [1.29, 1.82) is 0 Å². The highest BCUT2D eigenvalue weighted by Gasteiger charge is 2.04. The van der Waals surface area contributed by atoms with E-state index in [0.717, 1.165) is 23.2 Å². The van der Waals surface area contributed by atoms with Crippen molar-refractivity contribution in [3.05, 3.63) is 46.7 Å². The van der Waals surface area contributed by atoms with Crippen molar-refractivity contribution >= 4 is 11.6 Å². The molecule has 4 heteroatoms. The molecule has 1 aromatic heterocycles. The van der Waals surface area contributed by atoms with Crippen molar-refractivity contribution in [3.8, 4) is 5.69 Å². The lowest BCUT2D eigenvalue weighted by molar-refractivity contribution is 0.877. The maximum atomic E-state index is 6.21. The Morgan fingerprint density at radius 3 is 2.81 bits per heavy atom. The van der Waals surface area contributed by atoms with Crippen LogP contribution in [0.1, 0.15) is 11.1 Å². The minimum absolute atomic E-state index is 0.635. The van der Waals surface area contributed by atoms with Crippen LogP contribution in [0.2, 0.25) is 5.02 Å². The molecule has 0 saturated heterocycles. The van der Waals surface area contributed by atoms with Crippen molar-refractivity contribution in [2.45, 2.75) is 13.3 Å². The van der Waals surface area contributed by atoms with Crippen molar-refractivity contribution in [2.75, 3.05) is 6.54 Å². The molecule has 2 rings (SSSR count). The van der Waals surface area contributed by atoms with Gasteiger partial charge in [0.2, 0.25) is 0 Å². The van der Waals surface area contributed by atoms with Gasteiger partial charge in [0.15, 0.2) is 0 Å². The van der Waals surface area contributed by atoms with E-state index in [4.69, 9.17) is 17.3 Å². The summed E-state index contributed by atoms with van der Waals surface area (Å²) in [6.45, 7) is 2.64. The number of hydrogen-bond acceptors (Lipinski definition) is 2. The zero-order chi connectivity index (χ0) is 11.5. The Bertz CT molecular complexity index is 491. The molecule has 1 aromatic carbocycles. The number of nitrogens with two attached hydrogens (primary N) is 1. The lowest BCUT2D eigenvalue weighted by Crippen LogP contribution is -2.03. The summed E-state index contributed by atoms with van der Waals surface area (Å²) >= 11 is 6.21. The molecule has 2 aromatic rings. The number of aryl methyl sites for hydroxylation is 1. The predicted octanol–water partition coefficient (Wildman–Crippen LogP) is 2.34. The Hall–Kier alpha value is -1.32. The smallest absolute Gasteiger partial charge is 0.0832 e. The Balaban J connectivity index is 2.36. The van der Waals surface area contributed by atoms with Crippen LogP contribution in [-0.4, -0.2) is 16.3 Å². The van der Waals surface area contributed by atoms with Crippen LogP contribution >= 0.6 is 11.6 Å². The summed E-state index contributed by atoms with van der Waals surface area (Å²) in [5.74, 6) is 0. The SMILES string of the molecule is Cc1cnn(-c2ccc(CCN)cc2Cl)c1. The van der Waals surface area contributed by atoms with Gasteiger partial charge in [-0.2, -0.15) is 5.10 Å². The number of hydrogen-bond donors (Lipinski definition) is 1. The first-order valence-corrected chi connectivity index (χ1v) is 5.58. The molecule has 1 heterocycles. The number of benzene rings is 1. The topological polar surface area (TPSA) is 43.8 Å². The molecule has 2 N–H and O–H groups in total. The van der Waals surface area contributed by atoms with Crippen LogP contribution in [0, 0.1) is 6.92 Å². The second-order valence-electron chi connectivity index (χ2n) is 3.79. The maximum Gasteiger partial charge on any atom is 0.0832 e. The summed E-state index contributed by atoms with van der Waals surface area (Å²) in [7, 11) is 0. The summed E-state index contributed by atoms with van der Waals surface area (Å²) in [5, 5.41) is 4.93. The van der Waals surface area contributed by atoms with Gasteiger partial charge in [-0.25, -0.2) is 4.68 Å². The van der Waals surface area contributed by atoms with Gasteiger partial charge in [0.25, 0.3) is 0 Å². The van der Waals surface area contributed by atoms with Crippen molar-refractivity contribution < 1.29 is 0 Å². The largest absolute Gasteiger partial charge is 0.330 e. The Morgan fingerprint density at radius 2 is 2.25 bits per heavy atom. The fraction of sp³-hybridized carbons (Fsp3) is 0.250. The predicted molar refractivity (Wildman–Crippen MR) is 66.1 cm³/mol. The van der Waals surface area contributed by atoms with E-state index in [0.29, 0.717) is 11.6 Å². The van der Waals surface area contributed by atoms with Crippen LogP contribution < -0.4 is 5.73 Å². The third kappa shape index (κ3) is 2.26. The fourth-order valence-corrected chi connectivity index (χ4v) is 1.89. The molecule has 3 nitrogen and oxygen atoms in total. The normalized spacial score (nSPS) is 10.7. The van der Waals surface area contributed by atoms with E-state index in [2.05, 4.69) is 5.10 Å². The highest BCUT2D eigenvalue weighted by atomic mass is 35.5. The molecule has 0 bridgehead atoms. The van der Waals surface area contributed by atoms with Crippen LogP contribution in [0.15, 0.2) is 30.6 Å². The van der Waals surface area contributed by atoms with Crippen molar-refractivity contribution in [1.82, 2.24) is 9.78 Å². The number of aromatic nitrogens is 2. The number of nitrogens with zero attached hydrogens (tertiary/aromatic N) is 2. The quantitative estimate of drug-likeness (QED) is 0.888. The molecule has 0 fully saturated rings. The highest BCUT2D eigenvalue weighted by molar-refractivity contribution is 6.32. The standard InChI is InChI=1S/C12H14ClN3/c1-9-7-15-16(8-9)12-3-2-10(4-5-14)6-11(12)13/h2-3,6-8H,4-5,14H2,1H3. The summed E-state index contributed by atoms with van der Waals surface area (Å²) in [4.78, 5) is 0. The minimum atomic E-state index is 0.635. The minimum Gasteiger partial charge on any atom is -0.330 e. The van der Waals surface area contributed by atoms with Crippen LogP contribution in [0.4, 0.5) is 0 Å². The molecule has 16 heavy (non-hydrogen) atoms. The summed E-state index contributed by atoms with van der Waals surface area (Å²) < 4.78 is 1.78. The van der Waals surface area contributed by atoms with E-state index in [1.807, 2.05) is 37.5 Å². The molecular formula is C12H14ClN3. The molecule has 0 spiro atoms. The highest BCUT2D eigenvalue weighted by Crippen LogP contribution is 2.21. The van der Waals surface area contributed by atoms with Gasteiger partial charge < -0.3 is 5.73 Å². The maximum absolute atomic E-state index is 6.21. The first-order chi connectivity index (χ1) is 7.70. The van der Waals surface area contributed by atoms with E-state index >= 15 is 0 Å². The van der Waals surface area contributed by atoms with Gasteiger partial charge in [0, 0.05) is 6.20 Å². The average molecular weight is 236 g/mol. The van der Waals surface area contributed by atoms with Crippen molar-refractivity contribution in [2.24, 2.45) is 5.73 Å². The molecule has 0 radical (unpaired) electrons. The summed E-state index contributed by atoms with van der Waals surface area (Å²) in [6.07, 6.45) is 4.60. The lowest BCUT2D eigenvalue weighted by atomic mass is 10.1. The van der Waals surface area contributed by atoms with E-state index in [-0.39, 0.29) is 0 Å². The molecule has 0 saturated carbocycles. The first-order valence-electron chi connectivity index (χ1n) is 5.21. The van der Waals surface area contributed by atoms with Crippen molar-refractivity contribution in [3.63, 3.8) is 0 Å². The Kier molecular flexibility index (Phi) is 3.27. The lowest BCUT2D eigenvalue weighted by Gasteiger charge is -2.06. The van der Waals surface area contributed by atoms with E-state index in [1.54, 1.807) is 4.68 Å². The third-order valence-corrected chi connectivity index (χ3v) is 2.71. The second-order valence-corrected chi connectivity index (χ2v) is 4.19. The fourth-order valence-electron chi connectivity index (χ4n) is 1.60. The molecule has 0 amide bonds. The van der Waals surface area contributed by atoms with Crippen LogP contribution in [0.5, 0.6) is 0 Å². The van der Waals surface area contributed by atoms with Gasteiger partial charge in [-0.3, -0.25) is 0 Å². The van der Waals surface area contributed by atoms with Gasteiger partial charge in [-0.05, 0) is 43.1 Å². The van der Waals surface area contributed by atoms with Crippen LogP contribution in [0.25, 0.3) is 5.69 Å². The molecule has 84 valence electrons. The Morgan fingerprint density at radius 1 is 1.44 bits per heavy atom. The third-order valence-electron chi connectivity index (χ3n) is 2.40. The molecule has 0 unspecified atom stereocenters. The van der Waals surface area contributed by atoms with Gasteiger partial charge in [-0.15, -0.1) is 0 Å². The van der Waals surface area contributed by atoms with E-state index in [9.17, 15) is 0 Å². The van der Waals surface area contributed by atoms with Gasteiger partial charge in [0.05, 0.1) is 16.9 Å². The molecular weight excluding hydrogens is 222 g/mol. The van der Waals surface area contributed by atoms with Gasteiger partial charge in [-0.1, -0.05) is 17.7 Å². The van der Waals surface area contributed by atoms with E-state index < -0.39 is 0 Å². The second kappa shape index (κ2) is 4.68. The summed E-state index contributed by atoms with van der Waals surface area (Å²) in [5.41, 5.74) is 8.67. The zero-order valence-electron chi connectivity index (χ0n) is 9.15. The van der Waals surface area contributed by atoms with Gasteiger partial charge >= 0.3 is 0 Å². The molecule has 0 atom stereocenters. The van der Waals surface area contributed by atoms with Crippen LogP contribution in [0.3, 0.4) is 0 Å².